The van der Waals surface area contributed by atoms with Crippen molar-refractivity contribution >= 4 is 18.9 Å². The van der Waals surface area contributed by atoms with Crippen LogP contribution in [0.4, 0.5) is 0 Å². The van der Waals surface area contributed by atoms with E-state index in [2.05, 4.69) is 6.07 Å². The summed E-state index contributed by atoms with van der Waals surface area (Å²) in [5.41, 5.74) is 0. The van der Waals surface area contributed by atoms with Crippen molar-refractivity contribution in [1.82, 2.24) is 0 Å². The molecule has 0 aliphatic rings. The van der Waals surface area contributed by atoms with E-state index in [-0.39, 0.29) is 48.4 Å². The summed E-state index contributed by atoms with van der Waals surface area (Å²) in [5.74, 6) is 0. The molecule has 0 aliphatic carbocycles. The fourth-order valence-electron chi connectivity index (χ4n) is 0.342. The summed E-state index contributed by atoms with van der Waals surface area (Å²) < 4.78 is 0. The molecule has 0 saturated heterocycles. The Labute approximate surface area is 84.1 Å². The molecular weight excluding hydrogens is 102 g/mol. The van der Waals surface area contributed by atoms with Crippen molar-refractivity contribution in [2.24, 2.45) is 0 Å². The maximum absolute atomic E-state index is 2.89. The molecule has 0 heterocycles. The Hall–Kier alpha value is 0.817. The first-order valence-corrected chi connectivity index (χ1v) is 1.91. The minimum absolute atomic E-state index is 0. The molecule has 1 aromatic rings. The Bertz CT molecular complexity index is 80.5. The third-order valence-electron chi connectivity index (χ3n) is 0.607. The molecule has 2 heteroatoms. The number of hydrogen-bond donors (Lipinski definition) is 0. The van der Waals surface area contributed by atoms with Gasteiger partial charge in [0.2, 0.25) is 0 Å². The van der Waals surface area contributed by atoms with E-state index in [0.29, 0.717) is 0 Å². The van der Waals surface area contributed by atoms with Crippen molar-refractivity contribution in [3.05, 3.63) is 36.4 Å². The van der Waals surface area contributed by atoms with Crippen LogP contribution in [-0.4, -0.2) is 18.9 Å². The van der Waals surface area contributed by atoms with Crippen molar-refractivity contribution in [1.29, 1.82) is 0 Å². The third kappa shape index (κ3) is 4.96. The van der Waals surface area contributed by atoms with E-state index in [1.807, 2.05) is 30.3 Å². The average Bonchev–Trinajstić information content (AvgIpc) is 1.72. The van der Waals surface area contributed by atoms with Gasteiger partial charge in [0.15, 0.2) is 0 Å². The molecule has 0 aromatic heterocycles. The first-order chi connectivity index (χ1) is 3.00. The van der Waals surface area contributed by atoms with Crippen LogP contribution >= 0.6 is 0 Å². The van der Waals surface area contributed by atoms with Crippen LogP contribution in [0.5, 0.6) is 0 Å². The second kappa shape index (κ2) is 7.82. The molecule has 0 saturated carbocycles. The molecule has 31 valence electrons. The van der Waals surface area contributed by atoms with Crippen LogP contribution in [0.15, 0.2) is 30.3 Å². The summed E-state index contributed by atoms with van der Waals surface area (Å²) in [6.07, 6.45) is 0. The molecule has 0 spiro atoms. The minimum Gasteiger partial charge on any atom is -0.184 e. The van der Waals surface area contributed by atoms with Crippen LogP contribution in [0.2, 0.25) is 0 Å². The standard InChI is InChI=1S/C6H5.Li.Na/c1-2-4-6-5-3-1;;/h1-5H;;/q-1;;+1. The number of benzene rings is 1. The van der Waals surface area contributed by atoms with E-state index in [9.17, 15) is 0 Å². The summed E-state index contributed by atoms with van der Waals surface area (Å²) >= 11 is 0. The Morgan fingerprint density at radius 2 is 1.38 bits per heavy atom. The maximum Gasteiger partial charge on any atom is 1.00 e. The van der Waals surface area contributed by atoms with Crippen LogP contribution in [0.25, 0.3) is 0 Å². The average molecular weight is 107 g/mol. The first-order valence-electron chi connectivity index (χ1n) is 1.91. The second-order valence-electron chi connectivity index (χ2n) is 1.08. The Morgan fingerprint density at radius 1 is 0.875 bits per heavy atom. The molecule has 0 N–H and O–H groups in total. The normalized spacial score (nSPS) is 6.00. The zero-order chi connectivity index (χ0) is 4.24. The van der Waals surface area contributed by atoms with Gasteiger partial charge >= 0.3 is 29.6 Å². The van der Waals surface area contributed by atoms with Gasteiger partial charge < -0.3 is 0 Å². The van der Waals surface area contributed by atoms with E-state index in [4.69, 9.17) is 0 Å². The van der Waals surface area contributed by atoms with Gasteiger partial charge in [-0.1, -0.05) is 0 Å². The van der Waals surface area contributed by atoms with Gasteiger partial charge in [0.1, 0.15) is 0 Å². The molecule has 0 aliphatic heterocycles. The van der Waals surface area contributed by atoms with Gasteiger partial charge in [-0.05, 0) is 0 Å². The molecule has 0 unspecified atom stereocenters. The zero-order valence-electron chi connectivity index (χ0n) is 5.39. The Morgan fingerprint density at radius 3 is 1.50 bits per heavy atom. The van der Waals surface area contributed by atoms with Gasteiger partial charge in [-0.25, -0.2) is 0 Å². The predicted molar refractivity (Wildman–Crippen MR) is 31.0 cm³/mol. The van der Waals surface area contributed by atoms with Crippen LogP contribution in [-0.2, 0) is 0 Å². The first kappa shape index (κ1) is 11.6. The monoisotopic (exact) mass is 107 g/mol. The van der Waals surface area contributed by atoms with Gasteiger partial charge in [-0.15, -0.1) is 0 Å². The fourth-order valence-corrected chi connectivity index (χ4v) is 0.342. The van der Waals surface area contributed by atoms with Crippen molar-refractivity contribution in [3.63, 3.8) is 0 Å². The Kier molecular flexibility index (Phi) is 11.3. The Balaban J connectivity index is 0. The molecular formula is C6H5LiNa. The molecule has 0 bridgehead atoms. The molecule has 1 radical (unpaired) electrons. The maximum atomic E-state index is 2.89. The predicted octanol–water partition coefficient (Wildman–Crippen LogP) is -1.89. The van der Waals surface area contributed by atoms with Crippen LogP contribution in [0.1, 0.15) is 0 Å². The van der Waals surface area contributed by atoms with Crippen LogP contribution < -0.4 is 29.6 Å². The molecule has 1 aromatic carbocycles. The van der Waals surface area contributed by atoms with Gasteiger partial charge in [0, 0.05) is 18.9 Å². The fraction of sp³-hybridized carbons (Fsp3) is 0. The summed E-state index contributed by atoms with van der Waals surface area (Å²) in [4.78, 5) is 0. The van der Waals surface area contributed by atoms with Crippen molar-refractivity contribution in [3.8, 4) is 0 Å². The second-order valence-corrected chi connectivity index (χ2v) is 1.08. The van der Waals surface area contributed by atoms with Gasteiger partial charge in [-0.3, -0.25) is 0 Å². The SMILES string of the molecule is [Li].[Na+].[c-]1ccccc1. The van der Waals surface area contributed by atoms with Gasteiger partial charge in [0.05, 0.1) is 0 Å². The molecule has 0 nitrogen and oxygen atoms in total. The van der Waals surface area contributed by atoms with E-state index >= 15 is 0 Å². The van der Waals surface area contributed by atoms with Crippen LogP contribution in [0, 0.1) is 6.07 Å². The number of rotatable bonds is 0. The van der Waals surface area contributed by atoms with Gasteiger partial charge in [0.25, 0.3) is 0 Å². The minimum atomic E-state index is 0. The van der Waals surface area contributed by atoms with Crippen molar-refractivity contribution < 1.29 is 29.6 Å². The topological polar surface area (TPSA) is 0 Å². The summed E-state index contributed by atoms with van der Waals surface area (Å²) in [6, 6.07) is 12.5. The summed E-state index contributed by atoms with van der Waals surface area (Å²) in [5, 5.41) is 0. The number of hydrogen-bond acceptors (Lipinski definition) is 0. The molecule has 0 atom stereocenters. The van der Waals surface area contributed by atoms with Crippen molar-refractivity contribution in [2.45, 2.75) is 0 Å². The van der Waals surface area contributed by atoms with E-state index in [1.165, 1.54) is 0 Å². The quantitative estimate of drug-likeness (QED) is 0.268. The largest absolute Gasteiger partial charge is 1.00 e. The summed E-state index contributed by atoms with van der Waals surface area (Å²) in [7, 11) is 0. The van der Waals surface area contributed by atoms with E-state index in [1.54, 1.807) is 0 Å². The molecule has 0 fully saturated rings. The zero-order valence-corrected chi connectivity index (χ0v) is 7.39. The van der Waals surface area contributed by atoms with Crippen LogP contribution in [0.3, 0.4) is 0 Å². The van der Waals surface area contributed by atoms with E-state index in [0.717, 1.165) is 0 Å². The third-order valence-corrected chi connectivity index (χ3v) is 0.607. The van der Waals surface area contributed by atoms with Crippen molar-refractivity contribution in [2.75, 3.05) is 0 Å². The smallest absolute Gasteiger partial charge is 0.184 e. The molecule has 1 rings (SSSR count). The van der Waals surface area contributed by atoms with E-state index < -0.39 is 0 Å². The van der Waals surface area contributed by atoms with Gasteiger partial charge in [-0.2, -0.15) is 36.4 Å². The molecule has 0 amide bonds. The summed E-state index contributed by atoms with van der Waals surface area (Å²) in [6.45, 7) is 0. The molecule has 8 heavy (non-hydrogen) atoms.